The summed E-state index contributed by atoms with van der Waals surface area (Å²) in [4.78, 5) is 14.4. The highest BCUT2D eigenvalue weighted by Crippen LogP contribution is 2.75. The van der Waals surface area contributed by atoms with Gasteiger partial charge < -0.3 is 40.1 Å². The first-order valence-corrected chi connectivity index (χ1v) is 17.4. The van der Waals surface area contributed by atoms with Crippen LogP contribution < -0.4 is 0 Å². The van der Waals surface area contributed by atoms with E-state index in [0.29, 0.717) is 31.1 Å². The van der Waals surface area contributed by atoms with Crippen molar-refractivity contribution in [3.05, 3.63) is 11.6 Å². The maximum atomic E-state index is 14.4. The van der Waals surface area contributed by atoms with Crippen molar-refractivity contribution in [2.75, 3.05) is 6.61 Å². The molecule has 5 aliphatic carbocycles. The number of ether oxygens (including phenoxy) is 2. The highest BCUT2D eigenvalue weighted by Gasteiger charge is 2.70. The van der Waals surface area contributed by atoms with Gasteiger partial charge >= 0.3 is 5.97 Å². The minimum absolute atomic E-state index is 0.0196. The molecule has 0 amide bonds. The SMILES string of the molecule is CC1(C)CC[C@]2(C(=O)O[C@@H]3O[C@H](CO)[C@@H](O)[C@H](O)[C@H]3O)CC[C@]3(C)C(=CCC4[C@@]5(C)C[C@@H](O)[C@H](O)C(C)(C)C5CC[C@]43C)C2C1. The standard InChI is InChI=1S/C36H58O9/c1-31(2)12-14-36(30(43)45-29-27(41)26(40)25(39)22(18-37)44-29)15-13-34(6)19(20(36)16-31)8-9-24-33(5)17-21(38)28(42)32(3,4)23(33)10-11-35(24,34)7/h8,20-29,37-42H,9-18H2,1-7H3/t20?,21-,22-,23?,24?,25-,26+,27-,28+,29+,33+,34-,35-,36+/m1/s1. The Morgan fingerprint density at radius 3 is 2.20 bits per heavy atom. The Morgan fingerprint density at radius 1 is 0.867 bits per heavy atom. The lowest BCUT2D eigenvalue weighted by Gasteiger charge is -2.71. The molecule has 0 aromatic rings. The summed E-state index contributed by atoms with van der Waals surface area (Å²) >= 11 is 0. The van der Waals surface area contributed by atoms with Crippen LogP contribution in [-0.2, 0) is 14.3 Å². The molecule has 6 rings (SSSR count). The summed E-state index contributed by atoms with van der Waals surface area (Å²) in [5.41, 5.74) is -0.202. The molecule has 1 aliphatic heterocycles. The molecule has 3 unspecified atom stereocenters. The number of esters is 1. The molecule has 0 aromatic carbocycles. The maximum Gasteiger partial charge on any atom is 0.315 e. The average Bonchev–Trinajstić information content (AvgIpc) is 2.96. The van der Waals surface area contributed by atoms with Crippen molar-refractivity contribution in [2.45, 2.75) is 149 Å². The molecule has 256 valence electrons. The minimum atomic E-state index is -1.63. The van der Waals surface area contributed by atoms with Crippen LogP contribution in [0.3, 0.4) is 0 Å². The maximum absolute atomic E-state index is 14.4. The summed E-state index contributed by atoms with van der Waals surface area (Å²) in [5.74, 6) is 0.120. The molecule has 1 heterocycles. The zero-order chi connectivity index (χ0) is 33.1. The molecule has 6 N–H and O–H groups in total. The third-order valence-electron chi connectivity index (χ3n) is 15.1. The van der Waals surface area contributed by atoms with E-state index in [4.69, 9.17) is 9.47 Å². The topological polar surface area (TPSA) is 157 Å². The van der Waals surface area contributed by atoms with Crippen LogP contribution in [0.15, 0.2) is 11.6 Å². The van der Waals surface area contributed by atoms with Gasteiger partial charge in [-0.05, 0) is 103 Å². The molecule has 5 fully saturated rings. The van der Waals surface area contributed by atoms with Crippen molar-refractivity contribution < 1.29 is 44.9 Å². The number of carbonyl (C=O) groups excluding carboxylic acids is 1. The minimum Gasteiger partial charge on any atom is -0.432 e. The molecule has 6 aliphatic rings. The number of carbonyl (C=O) groups is 1. The molecule has 45 heavy (non-hydrogen) atoms. The van der Waals surface area contributed by atoms with Crippen LogP contribution in [0.25, 0.3) is 0 Å². The number of aliphatic hydroxyl groups excluding tert-OH is 6. The van der Waals surface area contributed by atoms with E-state index in [9.17, 15) is 35.4 Å². The van der Waals surface area contributed by atoms with Crippen LogP contribution in [0.4, 0.5) is 0 Å². The van der Waals surface area contributed by atoms with Gasteiger partial charge in [0.05, 0.1) is 24.2 Å². The van der Waals surface area contributed by atoms with Crippen molar-refractivity contribution in [2.24, 2.45) is 50.2 Å². The first-order chi connectivity index (χ1) is 20.8. The zero-order valence-corrected chi connectivity index (χ0v) is 28.3. The van der Waals surface area contributed by atoms with Crippen molar-refractivity contribution in [3.8, 4) is 0 Å². The molecule has 0 bridgehead atoms. The molecule has 1 saturated heterocycles. The fraction of sp³-hybridized carbons (Fsp3) is 0.917. The number of aliphatic hydroxyl groups is 6. The van der Waals surface area contributed by atoms with E-state index in [1.165, 1.54) is 5.57 Å². The van der Waals surface area contributed by atoms with Gasteiger partial charge in [-0.3, -0.25) is 4.79 Å². The van der Waals surface area contributed by atoms with Gasteiger partial charge in [-0.2, -0.15) is 0 Å². The van der Waals surface area contributed by atoms with Gasteiger partial charge in [0.1, 0.15) is 24.4 Å². The Bertz CT molecular complexity index is 1210. The second-order valence-corrected chi connectivity index (χ2v) is 18.0. The third kappa shape index (κ3) is 4.61. The third-order valence-corrected chi connectivity index (χ3v) is 15.1. The smallest absolute Gasteiger partial charge is 0.315 e. The molecule has 0 radical (unpaired) electrons. The molecule has 0 spiro atoms. The van der Waals surface area contributed by atoms with Crippen LogP contribution in [-0.4, -0.2) is 86.1 Å². The number of rotatable bonds is 3. The Balaban J connectivity index is 1.36. The first-order valence-electron chi connectivity index (χ1n) is 17.4. The Hall–Kier alpha value is -1.07. The molecular formula is C36H58O9. The van der Waals surface area contributed by atoms with E-state index >= 15 is 0 Å². The summed E-state index contributed by atoms with van der Waals surface area (Å²) in [6.45, 7) is 15.4. The first kappa shape index (κ1) is 33.8. The number of allylic oxidation sites excluding steroid dienone is 2. The fourth-order valence-electron chi connectivity index (χ4n) is 12.1. The second-order valence-electron chi connectivity index (χ2n) is 18.0. The van der Waals surface area contributed by atoms with Crippen LogP contribution in [0.2, 0.25) is 0 Å². The number of hydrogen-bond acceptors (Lipinski definition) is 9. The molecular weight excluding hydrogens is 576 g/mol. The fourth-order valence-corrected chi connectivity index (χ4v) is 12.1. The highest BCUT2D eigenvalue weighted by atomic mass is 16.7. The summed E-state index contributed by atoms with van der Waals surface area (Å²) in [5, 5.41) is 63.2. The van der Waals surface area contributed by atoms with Crippen molar-refractivity contribution in [1.29, 1.82) is 0 Å². The Kier molecular flexibility index (Phi) is 8.05. The summed E-state index contributed by atoms with van der Waals surface area (Å²) in [6.07, 6.45) is 0.778. The van der Waals surface area contributed by atoms with Crippen molar-refractivity contribution in [1.82, 2.24) is 0 Å². The molecule has 4 saturated carbocycles. The van der Waals surface area contributed by atoms with Crippen molar-refractivity contribution in [3.63, 3.8) is 0 Å². The molecule has 14 atom stereocenters. The lowest BCUT2D eigenvalue weighted by Crippen LogP contribution is -2.67. The predicted octanol–water partition coefficient (Wildman–Crippen LogP) is 3.46. The van der Waals surface area contributed by atoms with Gasteiger partial charge in [0, 0.05) is 0 Å². The second kappa shape index (κ2) is 10.7. The largest absolute Gasteiger partial charge is 0.432 e. The normalized spacial score (nSPS) is 53.6. The molecule has 0 aromatic heterocycles. The van der Waals surface area contributed by atoms with Crippen LogP contribution >= 0.6 is 0 Å². The molecule has 9 nitrogen and oxygen atoms in total. The van der Waals surface area contributed by atoms with E-state index in [1.807, 2.05) is 0 Å². The Labute approximate surface area is 268 Å². The summed E-state index contributed by atoms with van der Waals surface area (Å²) in [6, 6.07) is 0. The highest BCUT2D eigenvalue weighted by molar-refractivity contribution is 5.79. The van der Waals surface area contributed by atoms with Crippen LogP contribution in [0.5, 0.6) is 0 Å². The quantitative estimate of drug-likeness (QED) is 0.202. The lowest BCUT2D eigenvalue weighted by molar-refractivity contribution is -0.297. The lowest BCUT2D eigenvalue weighted by atomic mass is 9.33. The monoisotopic (exact) mass is 634 g/mol. The summed E-state index contributed by atoms with van der Waals surface area (Å²) in [7, 11) is 0. The van der Waals surface area contributed by atoms with Gasteiger partial charge in [-0.25, -0.2) is 0 Å². The van der Waals surface area contributed by atoms with E-state index < -0.39 is 60.9 Å². The average molecular weight is 635 g/mol. The van der Waals surface area contributed by atoms with Gasteiger partial charge in [0.15, 0.2) is 0 Å². The van der Waals surface area contributed by atoms with E-state index in [0.717, 1.165) is 38.5 Å². The summed E-state index contributed by atoms with van der Waals surface area (Å²) < 4.78 is 11.5. The van der Waals surface area contributed by atoms with E-state index in [-0.39, 0.29) is 33.0 Å². The van der Waals surface area contributed by atoms with Crippen molar-refractivity contribution >= 4 is 5.97 Å². The van der Waals surface area contributed by atoms with Gasteiger partial charge in [-0.1, -0.05) is 60.1 Å². The van der Waals surface area contributed by atoms with Gasteiger partial charge in [-0.15, -0.1) is 0 Å². The van der Waals surface area contributed by atoms with Crippen LogP contribution in [0, 0.1) is 50.2 Å². The van der Waals surface area contributed by atoms with Crippen LogP contribution in [0.1, 0.15) is 106 Å². The Morgan fingerprint density at radius 2 is 1.53 bits per heavy atom. The number of fused-ring (bicyclic) bond motifs is 7. The molecule has 9 heteroatoms. The van der Waals surface area contributed by atoms with Gasteiger partial charge in [0.2, 0.25) is 6.29 Å². The van der Waals surface area contributed by atoms with Gasteiger partial charge in [0.25, 0.3) is 0 Å². The number of hydrogen-bond donors (Lipinski definition) is 6. The van der Waals surface area contributed by atoms with E-state index in [2.05, 4.69) is 54.5 Å². The van der Waals surface area contributed by atoms with E-state index in [1.54, 1.807) is 0 Å². The predicted molar refractivity (Wildman–Crippen MR) is 166 cm³/mol. The zero-order valence-electron chi connectivity index (χ0n) is 28.3.